The van der Waals surface area contributed by atoms with Crippen LogP contribution in [0.3, 0.4) is 0 Å². The predicted molar refractivity (Wildman–Crippen MR) is 188 cm³/mol. The summed E-state index contributed by atoms with van der Waals surface area (Å²) in [5, 5.41) is 9.75. The number of aliphatic hydroxyl groups is 1. The summed E-state index contributed by atoms with van der Waals surface area (Å²) in [7, 11) is -36.1. The molecule has 1 aromatic carbocycles. The van der Waals surface area contributed by atoms with Crippen LogP contribution in [0.25, 0.3) is 0 Å². The standard InChI is InChI=1S/C26H46O23P6/c1-21-18-25(29)26(44-21)20-43-51(32,33)46-53(36,37)48-55(40,41)49-54(38,39)47-52(34,35)45-50(30,31)42-17-11-9-7-5-3-2-4-6-8-10-12-24(28)23-15-13-22(19-27)14-16-23/h13-16,19,21,25-26,29H,2-12,17-18,20H2,1H3,(H,30,31)(H,32,33)(H,34,35)(H,36,37)(H,38,39)(H,40,41)/t21-,25?,26+/m0/s1. The molecule has 7 N–H and O–H groups in total. The number of aliphatic hydroxyl groups excluding tert-OH is 1. The highest BCUT2D eigenvalue weighted by Gasteiger charge is 2.49. The average Bonchev–Trinajstić information content (AvgIpc) is 3.35. The SMILES string of the molecule is C[C@H]1CC(O)[C@@H](COP(=O)(O)OP(=O)(O)OP(=O)(O)OP(=O)(O)OP(=O)(O)OP(=O)(O)OCCCCCCCCCCCCC(=O)c2ccc(C=O)cc2)O1. The Kier molecular flexibility index (Phi) is 20.8. The molecule has 7 unspecified atom stereocenters. The van der Waals surface area contributed by atoms with Gasteiger partial charge in [0.1, 0.15) is 12.4 Å². The Labute approximate surface area is 316 Å². The Morgan fingerprint density at radius 2 is 1.05 bits per heavy atom. The second-order valence-corrected chi connectivity index (χ2v) is 21.5. The lowest BCUT2D eigenvalue weighted by Gasteiger charge is -2.21. The minimum Gasteiger partial charge on any atom is -0.390 e. The van der Waals surface area contributed by atoms with E-state index in [1.165, 1.54) is 0 Å². The first-order chi connectivity index (χ1) is 25.3. The third-order valence-electron chi connectivity index (χ3n) is 7.26. The summed E-state index contributed by atoms with van der Waals surface area (Å²) in [5.74, 6) is 0.0238. The number of benzene rings is 1. The molecule has 1 aliphatic rings. The highest BCUT2D eigenvalue weighted by atomic mass is 31.3. The van der Waals surface area contributed by atoms with Gasteiger partial charge >= 0.3 is 46.9 Å². The summed E-state index contributed by atoms with van der Waals surface area (Å²) in [4.78, 5) is 80.6. The van der Waals surface area contributed by atoms with Gasteiger partial charge in [-0.1, -0.05) is 75.6 Å². The molecule has 1 fully saturated rings. The number of rotatable bonds is 29. The van der Waals surface area contributed by atoms with Crippen LogP contribution in [0.15, 0.2) is 24.3 Å². The molecule has 1 aliphatic heterocycles. The van der Waals surface area contributed by atoms with Crippen molar-refractivity contribution in [2.45, 2.75) is 102 Å². The minimum absolute atomic E-state index is 0.0238. The average molecular weight is 912 g/mol. The lowest BCUT2D eigenvalue weighted by atomic mass is 10.0. The number of carbonyl (C=O) groups is 2. The van der Waals surface area contributed by atoms with Crippen molar-refractivity contribution in [3.8, 4) is 0 Å². The normalized spacial score (nSPS) is 24.0. The van der Waals surface area contributed by atoms with Gasteiger partial charge in [0.15, 0.2) is 5.78 Å². The lowest BCUT2D eigenvalue weighted by molar-refractivity contribution is -0.0167. The van der Waals surface area contributed by atoms with Crippen molar-refractivity contribution in [1.29, 1.82) is 0 Å². The van der Waals surface area contributed by atoms with Crippen LogP contribution in [-0.2, 0) is 62.7 Å². The zero-order valence-electron chi connectivity index (χ0n) is 29.4. The van der Waals surface area contributed by atoms with Crippen LogP contribution in [0.5, 0.6) is 0 Å². The van der Waals surface area contributed by atoms with Crippen LogP contribution >= 0.6 is 46.9 Å². The van der Waals surface area contributed by atoms with Gasteiger partial charge in [-0.25, -0.2) is 27.4 Å². The molecule has 0 bridgehead atoms. The first-order valence-corrected chi connectivity index (χ1v) is 25.6. The van der Waals surface area contributed by atoms with Gasteiger partial charge in [-0.05, 0) is 19.8 Å². The van der Waals surface area contributed by atoms with Crippen LogP contribution in [0.2, 0.25) is 0 Å². The number of Topliss-reactive ketones (excluding diaryl/α,β-unsaturated/α-hetero) is 1. The molecular formula is C26H46O23P6. The quantitative estimate of drug-likeness (QED) is 0.0203. The van der Waals surface area contributed by atoms with Crippen LogP contribution in [0.1, 0.15) is 105 Å². The van der Waals surface area contributed by atoms with Gasteiger partial charge in [0.2, 0.25) is 0 Å². The van der Waals surface area contributed by atoms with Crippen molar-refractivity contribution in [2.75, 3.05) is 13.2 Å². The highest BCUT2D eigenvalue weighted by Crippen LogP contribution is 2.75. The van der Waals surface area contributed by atoms with E-state index in [9.17, 15) is 71.4 Å². The van der Waals surface area contributed by atoms with Gasteiger partial charge in [-0.2, -0.15) is 21.6 Å². The number of unbranched alkanes of at least 4 members (excludes halogenated alkanes) is 9. The Bertz CT molecular complexity index is 1690. The number of hydrogen-bond acceptors (Lipinski definition) is 17. The lowest BCUT2D eigenvalue weighted by Crippen LogP contribution is -2.26. The minimum atomic E-state index is -6.37. The van der Waals surface area contributed by atoms with Crippen LogP contribution in [-0.4, -0.2) is 78.1 Å². The molecule has 318 valence electrons. The first-order valence-electron chi connectivity index (χ1n) is 16.6. The van der Waals surface area contributed by atoms with E-state index in [1.54, 1.807) is 31.2 Å². The maximum absolute atomic E-state index is 12.2. The predicted octanol–water partition coefficient (Wildman–Crippen LogP) is 6.23. The molecule has 2 rings (SSSR count). The summed E-state index contributed by atoms with van der Waals surface area (Å²) >= 11 is 0. The fourth-order valence-corrected chi connectivity index (χ4v) is 12.7. The smallest absolute Gasteiger partial charge is 0.390 e. The van der Waals surface area contributed by atoms with E-state index in [-0.39, 0.29) is 18.6 Å². The Balaban J connectivity index is 1.63. The number of phosphoric ester groups is 2. The summed E-state index contributed by atoms with van der Waals surface area (Å²) in [5.41, 5.74) is 1.08. The van der Waals surface area contributed by atoms with Crippen molar-refractivity contribution in [3.05, 3.63) is 35.4 Å². The summed E-state index contributed by atoms with van der Waals surface area (Å²) < 4.78 is 105. The van der Waals surface area contributed by atoms with Gasteiger partial charge in [-0.3, -0.25) is 18.6 Å². The van der Waals surface area contributed by atoms with E-state index >= 15 is 0 Å². The molecule has 0 radical (unpaired) electrons. The van der Waals surface area contributed by atoms with Crippen molar-refractivity contribution in [1.82, 2.24) is 0 Å². The first kappa shape index (κ1) is 50.5. The van der Waals surface area contributed by atoms with Crippen molar-refractivity contribution in [3.63, 3.8) is 0 Å². The number of carbonyl (C=O) groups excluding carboxylic acids is 2. The third kappa shape index (κ3) is 21.8. The Morgan fingerprint density at radius 1 is 0.655 bits per heavy atom. The summed E-state index contributed by atoms with van der Waals surface area (Å²) in [6.45, 7) is 0.217. The third-order valence-corrected chi connectivity index (χ3v) is 16.5. The van der Waals surface area contributed by atoms with Crippen molar-refractivity contribution >= 4 is 59.0 Å². The largest absolute Gasteiger partial charge is 0.490 e. The molecule has 0 spiro atoms. The number of phosphoric acid groups is 6. The number of ketones is 1. The maximum atomic E-state index is 12.2. The Hall–Kier alpha value is -0.660. The fraction of sp³-hybridized carbons (Fsp3) is 0.692. The van der Waals surface area contributed by atoms with Gasteiger partial charge in [0, 0.05) is 24.0 Å². The molecule has 0 aromatic heterocycles. The van der Waals surface area contributed by atoms with E-state index < -0.39 is 78.5 Å². The molecule has 55 heavy (non-hydrogen) atoms. The van der Waals surface area contributed by atoms with Gasteiger partial charge in [0.05, 0.1) is 25.4 Å². The van der Waals surface area contributed by atoms with E-state index in [1.807, 2.05) is 0 Å². The number of hydrogen-bond donors (Lipinski definition) is 7. The second kappa shape index (κ2) is 22.6. The topological polar surface area (TPSA) is 352 Å². The zero-order valence-corrected chi connectivity index (χ0v) is 34.7. The molecule has 1 heterocycles. The van der Waals surface area contributed by atoms with Gasteiger partial charge < -0.3 is 39.2 Å². The molecule has 1 aromatic rings. The highest BCUT2D eigenvalue weighted by molar-refractivity contribution is 7.72. The molecule has 0 saturated carbocycles. The summed E-state index contributed by atoms with van der Waals surface area (Å²) in [6.07, 6.45) is 6.14. The van der Waals surface area contributed by atoms with E-state index in [0.29, 0.717) is 36.7 Å². The molecule has 1 saturated heterocycles. The van der Waals surface area contributed by atoms with Gasteiger partial charge in [0.25, 0.3) is 0 Å². The van der Waals surface area contributed by atoms with E-state index in [2.05, 4.69) is 30.6 Å². The van der Waals surface area contributed by atoms with Gasteiger partial charge in [-0.15, -0.1) is 0 Å². The molecule has 0 aliphatic carbocycles. The monoisotopic (exact) mass is 912 g/mol. The molecule has 0 amide bonds. The molecule has 29 heteroatoms. The van der Waals surface area contributed by atoms with Crippen molar-refractivity contribution < 1.29 is 107 Å². The number of ether oxygens (including phenoxy) is 1. The molecule has 9 atom stereocenters. The van der Waals surface area contributed by atoms with Crippen LogP contribution in [0.4, 0.5) is 0 Å². The van der Waals surface area contributed by atoms with Crippen LogP contribution < -0.4 is 0 Å². The summed E-state index contributed by atoms with van der Waals surface area (Å²) in [6, 6.07) is 6.47. The van der Waals surface area contributed by atoms with Crippen LogP contribution in [0, 0.1) is 0 Å². The van der Waals surface area contributed by atoms with E-state index in [0.717, 1.165) is 44.9 Å². The van der Waals surface area contributed by atoms with Crippen molar-refractivity contribution in [2.24, 2.45) is 0 Å². The Morgan fingerprint density at radius 3 is 1.47 bits per heavy atom. The second-order valence-electron chi connectivity index (χ2n) is 12.1. The van der Waals surface area contributed by atoms with E-state index in [4.69, 9.17) is 4.74 Å². The number of aldehydes is 1. The maximum Gasteiger partial charge on any atom is 0.490 e. The fourth-order valence-electron chi connectivity index (χ4n) is 4.89. The molecule has 23 nitrogen and oxygen atoms in total. The molecular weight excluding hydrogens is 866 g/mol. The zero-order chi connectivity index (χ0) is 41.6.